The van der Waals surface area contributed by atoms with Gasteiger partial charge in [-0.05, 0) is 25.0 Å². The van der Waals surface area contributed by atoms with Crippen molar-refractivity contribution in [1.82, 2.24) is 19.7 Å². The van der Waals surface area contributed by atoms with Gasteiger partial charge in [0, 0.05) is 0 Å². The van der Waals surface area contributed by atoms with Gasteiger partial charge in [-0.2, -0.15) is 5.10 Å². The van der Waals surface area contributed by atoms with E-state index in [0.717, 1.165) is 12.8 Å². The summed E-state index contributed by atoms with van der Waals surface area (Å²) in [6, 6.07) is 7.37. The van der Waals surface area contributed by atoms with E-state index in [9.17, 15) is 9.59 Å². The van der Waals surface area contributed by atoms with Gasteiger partial charge in [-0.3, -0.25) is 14.3 Å². The van der Waals surface area contributed by atoms with Crippen LogP contribution in [0.25, 0.3) is 22.4 Å². The van der Waals surface area contributed by atoms with Crippen LogP contribution in [0.4, 0.5) is 0 Å². The van der Waals surface area contributed by atoms with Crippen molar-refractivity contribution in [2.45, 2.75) is 39.7 Å². The Labute approximate surface area is 155 Å². The van der Waals surface area contributed by atoms with Gasteiger partial charge in [0.1, 0.15) is 23.6 Å². The second-order valence-corrected chi connectivity index (χ2v) is 6.20. The minimum absolute atomic E-state index is 0.149. The molecule has 0 spiro atoms. The Morgan fingerprint density at radius 2 is 2.00 bits per heavy atom. The number of benzene rings is 1. The summed E-state index contributed by atoms with van der Waals surface area (Å²) in [5.74, 6) is -0.00151. The number of hydrogen-bond donors (Lipinski definition) is 2. The number of carbonyl (C=O) groups is 1. The molecule has 0 amide bonds. The third kappa shape index (κ3) is 3.84. The fraction of sp³-hybridized carbons (Fsp3) is 0.368. The van der Waals surface area contributed by atoms with Crippen LogP contribution >= 0.6 is 0 Å². The Kier molecular flexibility index (Phi) is 5.54. The van der Waals surface area contributed by atoms with E-state index in [-0.39, 0.29) is 12.1 Å². The second kappa shape index (κ2) is 8.03. The molecule has 142 valence electrons. The van der Waals surface area contributed by atoms with E-state index in [2.05, 4.69) is 15.1 Å². The summed E-state index contributed by atoms with van der Waals surface area (Å²) in [7, 11) is 0. The van der Waals surface area contributed by atoms with Crippen molar-refractivity contribution < 1.29 is 14.6 Å². The molecule has 2 aromatic heterocycles. The standard InChI is InChI=1S/C19H22N4O4/c1-3-7-13-16-17(22-23(13)11-15(24)25)19(26)21-18(20-16)12-8-5-6-9-14(12)27-10-4-2/h5-6,8-9H,3-4,7,10-11H2,1-2H3,(H,24,25)(H,20,21,26). The third-order valence-electron chi connectivity index (χ3n) is 4.08. The van der Waals surface area contributed by atoms with E-state index in [4.69, 9.17) is 9.84 Å². The lowest BCUT2D eigenvalue weighted by Gasteiger charge is -2.10. The van der Waals surface area contributed by atoms with Crippen LogP contribution in [0.1, 0.15) is 32.4 Å². The summed E-state index contributed by atoms with van der Waals surface area (Å²) in [6.07, 6.45) is 2.22. The number of carboxylic acids is 1. The van der Waals surface area contributed by atoms with Gasteiger partial charge in [0.15, 0.2) is 5.52 Å². The molecule has 27 heavy (non-hydrogen) atoms. The minimum atomic E-state index is -1.02. The summed E-state index contributed by atoms with van der Waals surface area (Å²) < 4.78 is 7.12. The first-order chi connectivity index (χ1) is 13.0. The van der Waals surface area contributed by atoms with Crippen LogP contribution < -0.4 is 10.3 Å². The van der Waals surface area contributed by atoms with E-state index in [0.29, 0.717) is 41.4 Å². The number of para-hydroxylation sites is 1. The molecular formula is C19H22N4O4. The van der Waals surface area contributed by atoms with E-state index in [1.807, 2.05) is 38.1 Å². The maximum Gasteiger partial charge on any atom is 0.325 e. The van der Waals surface area contributed by atoms with Crippen LogP contribution in [-0.2, 0) is 17.8 Å². The van der Waals surface area contributed by atoms with Crippen molar-refractivity contribution in [3.8, 4) is 17.1 Å². The fourth-order valence-corrected chi connectivity index (χ4v) is 2.94. The zero-order valence-corrected chi connectivity index (χ0v) is 15.4. The van der Waals surface area contributed by atoms with Gasteiger partial charge < -0.3 is 14.8 Å². The number of carboxylic acid groups (broad SMARTS) is 1. The molecule has 1 aromatic carbocycles. The van der Waals surface area contributed by atoms with Crippen LogP contribution in [0, 0.1) is 0 Å². The normalized spacial score (nSPS) is 11.0. The lowest BCUT2D eigenvalue weighted by atomic mass is 10.1. The van der Waals surface area contributed by atoms with Crippen molar-refractivity contribution in [2.75, 3.05) is 6.61 Å². The van der Waals surface area contributed by atoms with Crippen molar-refractivity contribution >= 4 is 17.0 Å². The highest BCUT2D eigenvalue weighted by molar-refractivity contribution is 5.80. The van der Waals surface area contributed by atoms with Gasteiger partial charge in [-0.25, -0.2) is 4.98 Å². The number of H-pyrrole nitrogens is 1. The van der Waals surface area contributed by atoms with E-state index >= 15 is 0 Å². The number of aromatic nitrogens is 4. The molecular weight excluding hydrogens is 348 g/mol. The Balaban J connectivity index is 2.18. The molecule has 0 bridgehead atoms. The molecule has 3 rings (SSSR count). The molecule has 3 aromatic rings. The van der Waals surface area contributed by atoms with Crippen LogP contribution in [0.15, 0.2) is 29.1 Å². The molecule has 0 saturated heterocycles. The van der Waals surface area contributed by atoms with E-state index in [1.165, 1.54) is 4.68 Å². The quantitative estimate of drug-likeness (QED) is 0.631. The van der Waals surface area contributed by atoms with Gasteiger partial charge >= 0.3 is 5.97 Å². The summed E-state index contributed by atoms with van der Waals surface area (Å²) in [5, 5.41) is 13.3. The number of aliphatic carboxylic acids is 1. The SMILES string of the molecule is CCCOc1ccccc1-c1nc2c(CCC)n(CC(=O)O)nc2c(=O)[nH]1. The Morgan fingerprint density at radius 1 is 1.22 bits per heavy atom. The van der Waals surface area contributed by atoms with Gasteiger partial charge in [0.05, 0.1) is 17.9 Å². The first-order valence-electron chi connectivity index (χ1n) is 8.98. The van der Waals surface area contributed by atoms with Crippen molar-refractivity contribution in [2.24, 2.45) is 0 Å². The molecule has 0 fully saturated rings. The molecule has 0 aliphatic carbocycles. The smallest absolute Gasteiger partial charge is 0.325 e. The molecule has 0 radical (unpaired) electrons. The number of aromatic amines is 1. The maximum absolute atomic E-state index is 12.6. The predicted molar refractivity (Wildman–Crippen MR) is 101 cm³/mol. The average Bonchev–Trinajstić information content (AvgIpc) is 2.98. The van der Waals surface area contributed by atoms with Gasteiger partial charge in [0.2, 0.25) is 0 Å². The maximum atomic E-state index is 12.6. The van der Waals surface area contributed by atoms with Crippen LogP contribution in [0.3, 0.4) is 0 Å². The van der Waals surface area contributed by atoms with E-state index in [1.54, 1.807) is 0 Å². The highest BCUT2D eigenvalue weighted by atomic mass is 16.5. The molecule has 8 heteroatoms. The predicted octanol–water partition coefficient (Wildman–Crippen LogP) is 2.61. The first kappa shape index (κ1) is 18.6. The highest BCUT2D eigenvalue weighted by Crippen LogP contribution is 2.28. The number of hydrogen-bond acceptors (Lipinski definition) is 5. The number of ether oxygens (including phenoxy) is 1. The molecule has 0 unspecified atom stereocenters. The van der Waals surface area contributed by atoms with E-state index < -0.39 is 11.5 Å². The van der Waals surface area contributed by atoms with Crippen LogP contribution in [0.2, 0.25) is 0 Å². The minimum Gasteiger partial charge on any atom is -0.493 e. The second-order valence-electron chi connectivity index (χ2n) is 6.20. The number of rotatable bonds is 8. The molecule has 0 aliphatic heterocycles. The summed E-state index contributed by atoms with van der Waals surface area (Å²) in [5.41, 5.74) is 1.51. The van der Waals surface area contributed by atoms with Gasteiger partial charge in [-0.15, -0.1) is 0 Å². The van der Waals surface area contributed by atoms with Crippen molar-refractivity contribution in [3.05, 3.63) is 40.3 Å². The topological polar surface area (TPSA) is 110 Å². The molecule has 2 N–H and O–H groups in total. The lowest BCUT2D eigenvalue weighted by Crippen LogP contribution is -2.13. The average molecular weight is 370 g/mol. The molecule has 2 heterocycles. The summed E-state index contributed by atoms with van der Waals surface area (Å²) in [4.78, 5) is 31.1. The van der Waals surface area contributed by atoms with Gasteiger partial charge in [0.25, 0.3) is 5.56 Å². The molecule has 0 atom stereocenters. The van der Waals surface area contributed by atoms with Crippen LogP contribution in [-0.4, -0.2) is 37.4 Å². The van der Waals surface area contributed by atoms with Crippen molar-refractivity contribution in [1.29, 1.82) is 0 Å². The number of nitrogens with one attached hydrogen (secondary N) is 1. The largest absolute Gasteiger partial charge is 0.493 e. The zero-order valence-electron chi connectivity index (χ0n) is 15.4. The third-order valence-corrected chi connectivity index (χ3v) is 4.08. The van der Waals surface area contributed by atoms with Crippen molar-refractivity contribution in [3.63, 3.8) is 0 Å². The lowest BCUT2D eigenvalue weighted by molar-refractivity contribution is -0.137. The monoisotopic (exact) mass is 370 g/mol. The number of aryl methyl sites for hydroxylation is 1. The summed E-state index contributed by atoms with van der Waals surface area (Å²) in [6.45, 7) is 4.24. The molecule has 0 aliphatic rings. The first-order valence-corrected chi connectivity index (χ1v) is 8.98. The zero-order chi connectivity index (χ0) is 19.4. The van der Waals surface area contributed by atoms with Crippen LogP contribution in [0.5, 0.6) is 5.75 Å². The Hall–Kier alpha value is -3.16. The molecule has 0 saturated carbocycles. The number of nitrogens with zero attached hydrogens (tertiary/aromatic N) is 3. The highest BCUT2D eigenvalue weighted by Gasteiger charge is 2.19. The Bertz CT molecular complexity index is 1020. The summed E-state index contributed by atoms with van der Waals surface area (Å²) >= 11 is 0. The van der Waals surface area contributed by atoms with Gasteiger partial charge in [-0.1, -0.05) is 32.4 Å². The number of fused-ring (bicyclic) bond motifs is 1. The Morgan fingerprint density at radius 3 is 2.70 bits per heavy atom. The fourth-order valence-electron chi connectivity index (χ4n) is 2.94. The molecule has 8 nitrogen and oxygen atoms in total.